The number of hydrogen-bond acceptors (Lipinski definition) is 7. The molecule has 2 aliphatic heterocycles. The molecule has 2 fully saturated rings. The Morgan fingerprint density at radius 3 is 2.64 bits per heavy atom. The molecule has 1 saturated heterocycles. The fourth-order valence-corrected chi connectivity index (χ4v) is 5.53. The van der Waals surface area contributed by atoms with Crippen LogP contribution in [0, 0.1) is 16.0 Å². The molecule has 0 aromatic heterocycles. The molecule has 28 heavy (non-hydrogen) atoms. The number of allylic oxidation sites excluding steroid dienone is 1. The molecule has 0 radical (unpaired) electrons. The Balaban J connectivity index is 1.58. The molecule has 2 aliphatic carbocycles. The molecule has 1 aromatic rings. The lowest BCUT2D eigenvalue weighted by Crippen LogP contribution is -2.66. The minimum Gasteiger partial charge on any atom is -0.379 e. The summed E-state index contributed by atoms with van der Waals surface area (Å²) in [6.07, 6.45) is 8.07. The van der Waals surface area contributed by atoms with Crippen LogP contribution in [-0.4, -0.2) is 47.8 Å². The molecule has 0 unspecified atom stereocenters. The van der Waals surface area contributed by atoms with Gasteiger partial charge in [0.2, 0.25) is 0 Å². The van der Waals surface area contributed by atoms with Gasteiger partial charge in [0.1, 0.15) is 11.7 Å². The van der Waals surface area contributed by atoms with E-state index in [1.54, 1.807) is 24.3 Å². The van der Waals surface area contributed by atoms with Crippen LogP contribution in [0.2, 0.25) is 0 Å². The molecule has 8 nitrogen and oxygen atoms in total. The molecular weight excluding hydrogens is 358 g/mol. The first kappa shape index (κ1) is 17.8. The first-order valence-electron chi connectivity index (χ1n) is 10.2. The zero-order valence-electron chi connectivity index (χ0n) is 15.9. The van der Waals surface area contributed by atoms with Gasteiger partial charge in [0, 0.05) is 31.1 Å². The molecule has 2 heterocycles. The lowest BCUT2D eigenvalue weighted by molar-refractivity contribution is -0.384. The van der Waals surface area contributed by atoms with E-state index in [2.05, 4.69) is 26.3 Å². The second-order valence-corrected chi connectivity index (χ2v) is 7.99. The molecule has 0 bridgehead atoms. The van der Waals surface area contributed by atoms with Gasteiger partial charge in [-0.25, -0.2) is 5.01 Å². The molecule has 148 valence electrons. The third kappa shape index (κ3) is 2.58. The van der Waals surface area contributed by atoms with Crippen molar-refractivity contribution in [3.8, 4) is 0 Å². The Kier molecular flexibility index (Phi) is 4.40. The van der Waals surface area contributed by atoms with Gasteiger partial charge in [-0.15, -0.1) is 0 Å². The van der Waals surface area contributed by atoms with Gasteiger partial charge in [-0.2, -0.15) is 5.11 Å². The van der Waals surface area contributed by atoms with Gasteiger partial charge in [0.15, 0.2) is 0 Å². The second kappa shape index (κ2) is 6.93. The highest BCUT2D eigenvalue weighted by molar-refractivity contribution is 5.54. The number of hydrogen-bond donors (Lipinski definition) is 0. The van der Waals surface area contributed by atoms with E-state index in [0.717, 1.165) is 44.5 Å². The Morgan fingerprint density at radius 2 is 1.96 bits per heavy atom. The van der Waals surface area contributed by atoms with E-state index in [-0.39, 0.29) is 22.3 Å². The van der Waals surface area contributed by atoms with Gasteiger partial charge in [-0.3, -0.25) is 15.0 Å². The molecule has 1 aromatic carbocycles. The lowest BCUT2D eigenvalue weighted by Gasteiger charge is -2.50. The summed E-state index contributed by atoms with van der Waals surface area (Å²) in [7, 11) is 0. The zero-order valence-corrected chi connectivity index (χ0v) is 15.9. The summed E-state index contributed by atoms with van der Waals surface area (Å²) in [5.41, 5.74) is 2.18. The Hall–Kier alpha value is -2.32. The van der Waals surface area contributed by atoms with Gasteiger partial charge in [0.25, 0.3) is 5.69 Å². The maximum Gasteiger partial charge on any atom is 0.269 e. The van der Waals surface area contributed by atoms with Crippen LogP contribution < -0.4 is 5.01 Å². The van der Waals surface area contributed by atoms with Gasteiger partial charge in [-0.1, -0.05) is 16.9 Å². The number of benzene rings is 1. The molecule has 8 heteroatoms. The monoisotopic (exact) mass is 383 g/mol. The summed E-state index contributed by atoms with van der Waals surface area (Å²) in [4.78, 5) is 13.2. The van der Waals surface area contributed by atoms with E-state index in [0.29, 0.717) is 19.1 Å². The number of nitrogens with zero attached hydrogens (tertiary/aromatic N) is 5. The molecule has 0 spiro atoms. The average molecular weight is 383 g/mol. The first-order valence-corrected chi connectivity index (χ1v) is 10.2. The number of morpholine rings is 1. The molecule has 4 aliphatic rings. The van der Waals surface area contributed by atoms with Crippen LogP contribution in [0.5, 0.6) is 0 Å². The largest absolute Gasteiger partial charge is 0.379 e. The first-order chi connectivity index (χ1) is 13.7. The highest BCUT2D eigenvalue weighted by Gasteiger charge is 2.62. The van der Waals surface area contributed by atoms with Gasteiger partial charge in [-0.05, 0) is 44.2 Å². The van der Waals surface area contributed by atoms with E-state index in [4.69, 9.17) is 4.74 Å². The van der Waals surface area contributed by atoms with Crippen molar-refractivity contribution in [1.29, 1.82) is 0 Å². The maximum absolute atomic E-state index is 11.1. The Bertz CT molecular complexity index is 818. The van der Waals surface area contributed by atoms with E-state index >= 15 is 0 Å². The average Bonchev–Trinajstić information content (AvgIpc) is 3.44. The van der Waals surface area contributed by atoms with Crippen molar-refractivity contribution in [2.75, 3.05) is 31.3 Å². The Labute approximate surface area is 164 Å². The van der Waals surface area contributed by atoms with Crippen molar-refractivity contribution in [3.63, 3.8) is 0 Å². The summed E-state index contributed by atoms with van der Waals surface area (Å²) >= 11 is 0. The normalized spacial score (nSPS) is 32.6. The van der Waals surface area contributed by atoms with Crippen molar-refractivity contribution < 1.29 is 9.66 Å². The zero-order chi connectivity index (χ0) is 19.1. The molecule has 0 N–H and O–H groups in total. The predicted molar refractivity (Wildman–Crippen MR) is 104 cm³/mol. The number of fused-ring (bicyclic) bond motifs is 1. The van der Waals surface area contributed by atoms with Crippen LogP contribution in [0.4, 0.5) is 11.4 Å². The summed E-state index contributed by atoms with van der Waals surface area (Å²) in [6.45, 7) is 3.15. The number of rotatable bonds is 4. The molecule has 1 saturated carbocycles. The summed E-state index contributed by atoms with van der Waals surface area (Å²) in [5.74, 6) is 0.378. The van der Waals surface area contributed by atoms with Crippen molar-refractivity contribution in [2.24, 2.45) is 16.3 Å². The van der Waals surface area contributed by atoms with Crippen LogP contribution in [0.15, 0.2) is 46.3 Å². The van der Waals surface area contributed by atoms with Crippen molar-refractivity contribution in [3.05, 3.63) is 46.0 Å². The summed E-state index contributed by atoms with van der Waals surface area (Å²) < 4.78 is 5.64. The lowest BCUT2D eigenvalue weighted by atomic mass is 9.84. The molecule has 5 rings (SSSR count). The van der Waals surface area contributed by atoms with Gasteiger partial charge in [0.05, 0.1) is 23.8 Å². The second-order valence-electron chi connectivity index (χ2n) is 7.99. The van der Waals surface area contributed by atoms with Gasteiger partial charge >= 0.3 is 0 Å². The minimum atomic E-state index is -0.364. The molecule has 0 amide bonds. The SMILES string of the molecule is O=[N+]([O-])c1ccc(N2N=N[C@H]3CC[C@@H](C4=CCCC4)[C@@]32N2CCOCC2)cc1. The van der Waals surface area contributed by atoms with Crippen molar-refractivity contribution in [1.82, 2.24) is 4.90 Å². The van der Waals surface area contributed by atoms with E-state index in [1.165, 1.54) is 12.0 Å². The smallest absolute Gasteiger partial charge is 0.269 e. The van der Waals surface area contributed by atoms with Crippen LogP contribution >= 0.6 is 0 Å². The highest BCUT2D eigenvalue weighted by Crippen LogP contribution is 2.54. The molecule has 3 atom stereocenters. The van der Waals surface area contributed by atoms with Crippen LogP contribution in [-0.2, 0) is 4.74 Å². The number of anilines is 1. The third-order valence-electron chi connectivity index (χ3n) is 6.70. The number of non-ortho nitro benzene ring substituents is 1. The fourth-order valence-electron chi connectivity index (χ4n) is 5.53. The van der Waals surface area contributed by atoms with Crippen LogP contribution in [0.3, 0.4) is 0 Å². The molecular formula is C20H25N5O3. The van der Waals surface area contributed by atoms with Crippen LogP contribution in [0.25, 0.3) is 0 Å². The minimum absolute atomic E-state index is 0.0957. The third-order valence-corrected chi connectivity index (χ3v) is 6.70. The topological polar surface area (TPSA) is 83.6 Å². The number of ether oxygens (including phenoxy) is 1. The van der Waals surface area contributed by atoms with Gasteiger partial charge < -0.3 is 4.74 Å². The standard InChI is InChI=1S/C20H25N5O3/c26-25(27)17-7-5-16(6-8-17)24-20(23-11-13-28-14-12-23)18(15-3-1-2-4-15)9-10-19(20)21-22-24/h3,5-8,18-19H,1-2,4,9-14H2/t18-,19-,20-/m0/s1. The maximum atomic E-state index is 11.1. The van der Waals surface area contributed by atoms with Crippen molar-refractivity contribution >= 4 is 11.4 Å². The number of nitro benzene ring substituents is 1. The van der Waals surface area contributed by atoms with Crippen molar-refractivity contribution in [2.45, 2.75) is 43.8 Å². The van der Waals surface area contributed by atoms with Crippen LogP contribution in [0.1, 0.15) is 32.1 Å². The highest BCUT2D eigenvalue weighted by atomic mass is 16.6. The predicted octanol–water partition coefficient (Wildman–Crippen LogP) is 3.70. The van der Waals surface area contributed by atoms with E-state index in [1.807, 2.05) is 0 Å². The van der Waals surface area contributed by atoms with E-state index < -0.39 is 0 Å². The quantitative estimate of drug-likeness (QED) is 0.450. The Morgan fingerprint density at radius 1 is 1.18 bits per heavy atom. The van der Waals surface area contributed by atoms with E-state index in [9.17, 15) is 10.1 Å². The summed E-state index contributed by atoms with van der Waals surface area (Å²) in [6, 6.07) is 6.85. The summed E-state index contributed by atoms with van der Waals surface area (Å²) in [5, 5.41) is 22.4. The fraction of sp³-hybridized carbons (Fsp3) is 0.600. The number of nitro groups is 1.